The van der Waals surface area contributed by atoms with Gasteiger partial charge in [0.1, 0.15) is 0 Å². The Morgan fingerprint density at radius 3 is 2.18 bits per heavy atom. The van der Waals surface area contributed by atoms with E-state index in [1.165, 1.54) is 34.2 Å². The number of hydrogen-bond donors (Lipinski definition) is 0. The fourth-order valence-electron chi connectivity index (χ4n) is 4.81. The lowest BCUT2D eigenvalue weighted by atomic mass is 9.82. The molecular weight excluding hydrogens is 344 g/mol. The number of hydrogen-bond acceptors (Lipinski definition) is 2. The molecule has 0 saturated heterocycles. The van der Waals surface area contributed by atoms with E-state index in [9.17, 15) is 4.79 Å². The van der Waals surface area contributed by atoms with Gasteiger partial charge in [-0.05, 0) is 83.5 Å². The van der Waals surface area contributed by atoms with E-state index >= 15 is 0 Å². The minimum atomic E-state index is -0.269. The molecule has 0 radical (unpaired) electrons. The zero-order valence-electron chi connectivity index (χ0n) is 18.3. The van der Waals surface area contributed by atoms with Crippen molar-refractivity contribution < 1.29 is 9.53 Å². The zero-order valence-corrected chi connectivity index (χ0v) is 18.3. The maximum atomic E-state index is 11.8. The first-order valence-electron chi connectivity index (χ1n) is 10.2. The lowest BCUT2D eigenvalue weighted by Crippen LogP contribution is -2.17. The summed E-state index contributed by atoms with van der Waals surface area (Å²) in [5.41, 5.74) is 8.93. The second kappa shape index (κ2) is 7.24. The molecule has 0 bridgehead atoms. The van der Waals surface area contributed by atoms with Gasteiger partial charge in [0.2, 0.25) is 0 Å². The van der Waals surface area contributed by atoms with Crippen LogP contribution in [0.4, 0.5) is 0 Å². The van der Waals surface area contributed by atoms with Crippen molar-refractivity contribution in [2.75, 3.05) is 6.61 Å². The Bertz CT molecular complexity index is 928. The molecule has 0 aromatic heterocycles. The quantitative estimate of drug-likeness (QED) is 0.439. The molecule has 148 valence electrons. The highest BCUT2D eigenvalue weighted by Crippen LogP contribution is 2.50. The van der Waals surface area contributed by atoms with Gasteiger partial charge in [0, 0.05) is 0 Å². The van der Waals surface area contributed by atoms with Crippen LogP contribution in [0.25, 0.3) is 11.6 Å². The molecule has 2 aromatic carbocycles. The van der Waals surface area contributed by atoms with Crippen LogP contribution in [-0.2, 0) is 15.6 Å². The van der Waals surface area contributed by atoms with Crippen LogP contribution in [0.5, 0.6) is 0 Å². The molecule has 0 spiro atoms. The summed E-state index contributed by atoms with van der Waals surface area (Å²) in [6.07, 6.45) is 3.37. The van der Waals surface area contributed by atoms with Crippen molar-refractivity contribution in [1.82, 2.24) is 0 Å². The third kappa shape index (κ3) is 3.78. The number of ether oxygens (including phenoxy) is 1. The average molecular weight is 377 g/mol. The third-order valence-electron chi connectivity index (χ3n) is 5.94. The van der Waals surface area contributed by atoms with E-state index in [4.69, 9.17) is 4.74 Å². The van der Waals surface area contributed by atoms with Crippen LogP contribution in [0.1, 0.15) is 86.1 Å². The standard InChI is InChI=1S/C26H32O2/c1-8-28-24(27)20-11-9-19(10-12-20)13-17(2)21-15-23-22(14-18(21)3)25(4,5)16-26(23,6)7/h9-15H,8,16H2,1-7H3. The molecule has 0 atom stereocenters. The summed E-state index contributed by atoms with van der Waals surface area (Å²) in [4.78, 5) is 11.8. The molecule has 28 heavy (non-hydrogen) atoms. The molecule has 2 aromatic rings. The van der Waals surface area contributed by atoms with Gasteiger partial charge in [-0.2, -0.15) is 0 Å². The molecule has 0 heterocycles. The number of aryl methyl sites for hydroxylation is 1. The van der Waals surface area contributed by atoms with E-state index in [1.54, 1.807) is 0 Å². The lowest BCUT2D eigenvalue weighted by molar-refractivity contribution is 0.0526. The van der Waals surface area contributed by atoms with E-state index in [-0.39, 0.29) is 16.8 Å². The monoisotopic (exact) mass is 376 g/mol. The largest absolute Gasteiger partial charge is 0.462 e. The highest BCUT2D eigenvalue weighted by Gasteiger charge is 2.42. The topological polar surface area (TPSA) is 26.3 Å². The van der Waals surface area contributed by atoms with Gasteiger partial charge in [0.25, 0.3) is 0 Å². The zero-order chi connectivity index (χ0) is 20.7. The van der Waals surface area contributed by atoms with Gasteiger partial charge in [-0.25, -0.2) is 4.79 Å². The van der Waals surface area contributed by atoms with Gasteiger partial charge < -0.3 is 4.74 Å². The first-order chi connectivity index (χ1) is 13.0. The summed E-state index contributed by atoms with van der Waals surface area (Å²) >= 11 is 0. The van der Waals surface area contributed by atoms with Gasteiger partial charge in [-0.1, -0.05) is 58.0 Å². The minimum Gasteiger partial charge on any atom is -0.462 e. The van der Waals surface area contributed by atoms with Crippen LogP contribution in [0.3, 0.4) is 0 Å². The van der Waals surface area contributed by atoms with Crippen LogP contribution >= 0.6 is 0 Å². The predicted molar refractivity (Wildman–Crippen MR) is 118 cm³/mol. The second-order valence-electron chi connectivity index (χ2n) is 9.33. The highest BCUT2D eigenvalue weighted by molar-refractivity contribution is 5.90. The van der Waals surface area contributed by atoms with Gasteiger partial charge >= 0.3 is 5.97 Å². The summed E-state index contributed by atoms with van der Waals surface area (Å²) in [7, 11) is 0. The van der Waals surface area contributed by atoms with E-state index in [0.29, 0.717) is 12.2 Å². The molecule has 2 nitrogen and oxygen atoms in total. The van der Waals surface area contributed by atoms with Crippen molar-refractivity contribution in [1.29, 1.82) is 0 Å². The molecule has 0 N–H and O–H groups in total. The Kier molecular flexibility index (Phi) is 5.27. The van der Waals surface area contributed by atoms with Crippen LogP contribution in [0.2, 0.25) is 0 Å². The predicted octanol–water partition coefficient (Wildman–Crippen LogP) is 6.69. The summed E-state index contributed by atoms with van der Waals surface area (Å²) in [6.45, 7) is 16.0. The SMILES string of the molecule is CCOC(=O)c1ccc(C=C(C)c2cc3c(cc2C)C(C)(C)CC3(C)C)cc1. The number of carbonyl (C=O) groups excluding carboxylic acids is 1. The van der Waals surface area contributed by atoms with Gasteiger partial charge in [0.15, 0.2) is 0 Å². The summed E-state index contributed by atoms with van der Waals surface area (Å²) in [5.74, 6) is -0.269. The van der Waals surface area contributed by atoms with Crippen LogP contribution in [0, 0.1) is 6.92 Å². The lowest BCUT2D eigenvalue weighted by Gasteiger charge is -2.22. The molecule has 0 aliphatic heterocycles. The number of carbonyl (C=O) groups is 1. The Balaban J connectivity index is 1.95. The van der Waals surface area contributed by atoms with Gasteiger partial charge in [-0.3, -0.25) is 0 Å². The molecule has 1 aliphatic rings. The highest BCUT2D eigenvalue weighted by atomic mass is 16.5. The molecule has 2 heteroatoms. The summed E-state index contributed by atoms with van der Waals surface area (Å²) in [6, 6.07) is 12.4. The molecular formula is C26H32O2. The van der Waals surface area contributed by atoms with E-state index in [2.05, 4.69) is 59.8 Å². The number of allylic oxidation sites excluding steroid dienone is 1. The number of fused-ring (bicyclic) bond motifs is 1. The van der Waals surface area contributed by atoms with Gasteiger partial charge in [0.05, 0.1) is 12.2 Å². The smallest absolute Gasteiger partial charge is 0.338 e. The summed E-state index contributed by atoms with van der Waals surface area (Å²) < 4.78 is 5.06. The normalized spacial score (nSPS) is 17.3. The number of esters is 1. The Morgan fingerprint density at radius 1 is 1.04 bits per heavy atom. The molecule has 0 unspecified atom stereocenters. The van der Waals surface area contributed by atoms with Crippen molar-refractivity contribution in [3.8, 4) is 0 Å². The van der Waals surface area contributed by atoms with Crippen LogP contribution in [-0.4, -0.2) is 12.6 Å². The van der Waals surface area contributed by atoms with Crippen molar-refractivity contribution in [2.24, 2.45) is 0 Å². The Hall–Kier alpha value is -2.35. The first-order valence-corrected chi connectivity index (χ1v) is 10.2. The molecule has 1 aliphatic carbocycles. The first kappa shape index (κ1) is 20.4. The van der Waals surface area contributed by atoms with E-state index < -0.39 is 0 Å². The van der Waals surface area contributed by atoms with Crippen LogP contribution < -0.4 is 0 Å². The maximum Gasteiger partial charge on any atom is 0.338 e. The van der Waals surface area contributed by atoms with Crippen LogP contribution in [0.15, 0.2) is 36.4 Å². The number of rotatable bonds is 4. The Labute approximate surface area is 169 Å². The molecule has 0 saturated carbocycles. The molecule has 0 amide bonds. The van der Waals surface area contributed by atoms with E-state index in [1.807, 2.05) is 31.2 Å². The fraction of sp³-hybridized carbons (Fsp3) is 0.423. The molecule has 3 rings (SSSR count). The third-order valence-corrected chi connectivity index (χ3v) is 5.94. The van der Waals surface area contributed by atoms with Crippen molar-refractivity contribution in [3.63, 3.8) is 0 Å². The van der Waals surface area contributed by atoms with Crippen molar-refractivity contribution >= 4 is 17.6 Å². The average Bonchev–Trinajstić information content (AvgIpc) is 2.78. The van der Waals surface area contributed by atoms with Crippen molar-refractivity contribution in [2.45, 2.75) is 65.7 Å². The fourth-order valence-corrected chi connectivity index (χ4v) is 4.81. The molecule has 0 fully saturated rings. The van der Waals surface area contributed by atoms with Crippen molar-refractivity contribution in [3.05, 3.63) is 69.8 Å². The Morgan fingerprint density at radius 2 is 1.61 bits per heavy atom. The second-order valence-corrected chi connectivity index (χ2v) is 9.33. The minimum absolute atomic E-state index is 0.197. The van der Waals surface area contributed by atoms with Gasteiger partial charge in [-0.15, -0.1) is 0 Å². The number of benzene rings is 2. The maximum absolute atomic E-state index is 11.8. The van der Waals surface area contributed by atoms with E-state index in [0.717, 1.165) is 5.56 Å². The summed E-state index contributed by atoms with van der Waals surface area (Å²) in [5, 5.41) is 0.